The van der Waals surface area contributed by atoms with Gasteiger partial charge in [0.1, 0.15) is 0 Å². The van der Waals surface area contributed by atoms with Gasteiger partial charge in [0.25, 0.3) is 5.69 Å². The second kappa shape index (κ2) is 7.26. The Morgan fingerprint density at radius 2 is 2.22 bits per heavy atom. The molecule has 1 N–H and O–H groups in total. The Bertz CT molecular complexity index is 410. The van der Waals surface area contributed by atoms with E-state index < -0.39 is 0 Å². The molecule has 0 radical (unpaired) electrons. The predicted octanol–water partition coefficient (Wildman–Crippen LogP) is 3.92. The van der Waals surface area contributed by atoms with Crippen molar-refractivity contribution in [3.8, 4) is 0 Å². The van der Waals surface area contributed by atoms with Crippen LogP contribution >= 0.6 is 11.8 Å². The Hall–Kier alpha value is -1.23. The molecule has 1 rings (SSSR count). The predicted molar refractivity (Wildman–Crippen MR) is 78.3 cm³/mol. The summed E-state index contributed by atoms with van der Waals surface area (Å²) in [5, 5.41) is 13.8. The fraction of sp³-hybridized carbons (Fsp3) is 0.538. The Morgan fingerprint density at radius 3 is 2.78 bits per heavy atom. The van der Waals surface area contributed by atoms with Crippen molar-refractivity contribution in [2.75, 3.05) is 18.1 Å². The molecule has 0 saturated carbocycles. The standard InChI is InChI=1S/C13H20N2O2S/c1-4-10(2)8-18-9-11-7-12(15(16)17)5-6-13(11)14-3/h5-7,10,14H,4,8-9H2,1-3H3. The molecule has 0 spiro atoms. The summed E-state index contributed by atoms with van der Waals surface area (Å²) in [6.07, 6.45) is 1.17. The summed E-state index contributed by atoms with van der Waals surface area (Å²) >= 11 is 1.83. The average molecular weight is 268 g/mol. The molecule has 0 bridgehead atoms. The first-order valence-electron chi connectivity index (χ1n) is 6.11. The van der Waals surface area contributed by atoms with Gasteiger partial charge in [0, 0.05) is 30.6 Å². The molecule has 1 aromatic rings. The van der Waals surface area contributed by atoms with Gasteiger partial charge in [0.2, 0.25) is 0 Å². The van der Waals surface area contributed by atoms with Crippen molar-refractivity contribution < 1.29 is 4.92 Å². The highest BCUT2D eigenvalue weighted by molar-refractivity contribution is 7.98. The van der Waals surface area contributed by atoms with Gasteiger partial charge >= 0.3 is 0 Å². The van der Waals surface area contributed by atoms with E-state index in [-0.39, 0.29) is 10.6 Å². The van der Waals surface area contributed by atoms with Gasteiger partial charge in [-0.1, -0.05) is 20.3 Å². The summed E-state index contributed by atoms with van der Waals surface area (Å²) in [7, 11) is 1.84. The van der Waals surface area contributed by atoms with Gasteiger partial charge in [-0.3, -0.25) is 10.1 Å². The molecular weight excluding hydrogens is 248 g/mol. The van der Waals surface area contributed by atoms with Crippen LogP contribution in [0.2, 0.25) is 0 Å². The number of benzene rings is 1. The van der Waals surface area contributed by atoms with Gasteiger partial charge in [0.05, 0.1) is 4.92 Å². The van der Waals surface area contributed by atoms with Crippen LogP contribution in [-0.2, 0) is 5.75 Å². The maximum atomic E-state index is 10.8. The molecule has 1 unspecified atom stereocenters. The number of nitrogens with zero attached hydrogens (tertiary/aromatic N) is 1. The highest BCUT2D eigenvalue weighted by Gasteiger charge is 2.10. The molecule has 100 valence electrons. The van der Waals surface area contributed by atoms with Gasteiger partial charge in [0.15, 0.2) is 0 Å². The molecule has 5 heteroatoms. The second-order valence-electron chi connectivity index (χ2n) is 4.38. The zero-order chi connectivity index (χ0) is 13.5. The van der Waals surface area contributed by atoms with Crippen molar-refractivity contribution in [2.24, 2.45) is 5.92 Å². The lowest BCUT2D eigenvalue weighted by Gasteiger charge is -2.11. The summed E-state index contributed by atoms with van der Waals surface area (Å²) in [5.41, 5.74) is 2.13. The topological polar surface area (TPSA) is 55.2 Å². The Morgan fingerprint density at radius 1 is 1.50 bits per heavy atom. The van der Waals surface area contributed by atoms with Crippen molar-refractivity contribution in [1.29, 1.82) is 0 Å². The Balaban J connectivity index is 2.72. The Kier molecular flexibility index (Phi) is 5.98. The number of nitro benzene ring substituents is 1. The molecular formula is C13H20N2O2S. The minimum absolute atomic E-state index is 0.160. The minimum Gasteiger partial charge on any atom is -0.388 e. The summed E-state index contributed by atoms with van der Waals surface area (Å²) in [6, 6.07) is 4.97. The van der Waals surface area contributed by atoms with E-state index in [4.69, 9.17) is 0 Å². The third kappa shape index (κ3) is 4.22. The van der Waals surface area contributed by atoms with Gasteiger partial charge in [-0.2, -0.15) is 11.8 Å². The molecule has 0 heterocycles. The number of hydrogen-bond acceptors (Lipinski definition) is 4. The van der Waals surface area contributed by atoms with Gasteiger partial charge < -0.3 is 5.32 Å². The van der Waals surface area contributed by atoms with Crippen molar-refractivity contribution >= 4 is 23.1 Å². The molecule has 1 atom stereocenters. The summed E-state index contributed by atoms with van der Waals surface area (Å²) < 4.78 is 0. The van der Waals surface area contributed by atoms with E-state index in [1.165, 1.54) is 12.5 Å². The van der Waals surface area contributed by atoms with E-state index in [0.717, 1.165) is 22.8 Å². The largest absolute Gasteiger partial charge is 0.388 e. The number of rotatable bonds is 7. The van der Waals surface area contributed by atoms with E-state index in [1.54, 1.807) is 12.1 Å². The van der Waals surface area contributed by atoms with Crippen LogP contribution in [0.3, 0.4) is 0 Å². The number of nitrogens with one attached hydrogen (secondary N) is 1. The van der Waals surface area contributed by atoms with Crippen molar-refractivity contribution in [3.63, 3.8) is 0 Å². The van der Waals surface area contributed by atoms with Crippen LogP contribution in [0.25, 0.3) is 0 Å². The molecule has 0 aromatic heterocycles. The van der Waals surface area contributed by atoms with Crippen LogP contribution in [-0.4, -0.2) is 17.7 Å². The van der Waals surface area contributed by atoms with Crippen LogP contribution in [0.15, 0.2) is 18.2 Å². The zero-order valence-corrected chi connectivity index (χ0v) is 11.9. The van der Waals surface area contributed by atoms with Crippen LogP contribution in [0.1, 0.15) is 25.8 Å². The average Bonchev–Trinajstić information content (AvgIpc) is 2.38. The molecule has 0 saturated heterocycles. The first-order chi connectivity index (χ1) is 8.58. The number of thioether (sulfide) groups is 1. The normalized spacial score (nSPS) is 12.2. The fourth-order valence-electron chi connectivity index (χ4n) is 1.54. The van der Waals surface area contributed by atoms with Crippen LogP contribution in [0.4, 0.5) is 11.4 Å². The van der Waals surface area contributed by atoms with Crippen LogP contribution < -0.4 is 5.32 Å². The summed E-state index contributed by atoms with van der Waals surface area (Å²) in [5.74, 6) is 2.58. The maximum absolute atomic E-state index is 10.8. The number of anilines is 1. The third-order valence-electron chi connectivity index (χ3n) is 2.93. The lowest BCUT2D eigenvalue weighted by molar-refractivity contribution is -0.384. The van der Waals surface area contributed by atoms with E-state index >= 15 is 0 Å². The number of non-ortho nitro benzene ring substituents is 1. The highest BCUT2D eigenvalue weighted by Crippen LogP contribution is 2.26. The first-order valence-corrected chi connectivity index (χ1v) is 7.26. The van der Waals surface area contributed by atoms with E-state index in [0.29, 0.717) is 5.92 Å². The lowest BCUT2D eigenvalue weighted by atomic mass is 10.2. The molecule has 0 aliphatic rings. The molecule has 0 aliphatic heterocycles. The van der Waals surface area contributed by atoms with Crippen LogP contribution in [0.5, 0.6) is 0 Å². The fourth-order valence-corrected chi connectivity index (χ4v) is 2.76. The monoisotopic (exact) mass is 268 g/mol. The Labute approximate surface area is 112 Å². The van der Waals surface area contributed by atoms with Crippen molar-refractivity contribution in [2.45, 2.75) is 26.0 Å². The summed E-state index contributed by atoms with van der Waals surface area (Å²) in [6.45, 7) is 4.40. The van der Waals surface area contributed by atoms with Gasteiger partial charge in [-0.25, -0.2) is 0 Å². The first kappa shape index (κ1) is 14.8. The van der Waals surface area contributed by atoms with E-state index in [1.807, 2.05) is 18.8 Å². The molecule has 1 aromatic carbocycles. The van der Waals surface area contributed by atoms with Crippen molar-refractivity contribution in [3.05, 3.63) is 33.9 Å². The molecule has 0 aliphatic carbocycles. The zero-order valence-electron chi connectivity index (χ0n) is 11.1. The molecule has 0 fully saturated rings. The minimum atomic E-state index is -0.345. The second-order valence-corrected chi connectivity index (χ2v) is 5.41. The summed E-state index contributed by atoms with van der Waals surface area (Å²) in [4.78, 5) is 10.4. The molecule has 4 nitrogen and oxygen atoms in total. The molecule has 18 heavy (non-hydrogen) atoms. The van der Waals surface area contributed by atoms with Gasteiger partial charge in [-0.15, -0.1) is 0 Å². The third-order valence-corrected chi connectivity index (χ3v) is 4.25. The van der Waals surface area contributed by atoms with Gasteiger partial charge in [-0.05, 0) is 23.3 Å². The number of hydrogen-bond donors (Lipinski definition) is 1. The van der Waals surface area contributed by atoms with E-state index in [9.17, 15) is 10.1 Å². The van der Waals surface area contributed by atoms with Crippen LogP contribution in [0, 0.1) is 16.0 Å². The quantitative estimate of drug-likeness (QED) is 0.601. The maximum Gasteiger partial charge on any atom is 0.269 e. The highest BCUT2D eigenvalue weighted by atomic mass is 32.2. The molecule has 0 amide bonds. The SMILES string of the molecule is CCC(C)CSCc1cc([N+](=O)[O-])ccc1NC. The van der Waals surface area contributed by atoms with E-state index in [2.05, 4.69) is 19.2 Å². The van der Waals surface area contributed by atoms with Crippen molar-refractivity contribution in [1.82, 2.24) is 0 Å². The number of nitro groups is 1. The lowest BCUT2D eigenvalue weighted by Crippen LogP contribution is -1.99. The smallest absolute Gasteiger partial charge is 0.269 e.